The Morgan fingerprint density at radius 1 is 1.33 bits per heavy atom. The molecule has 0 aliphatic carbocycles. The molecule has 0 atom stereocenters. The van der Waals surface area contributed by atoms with Crippen molar-refractivity contribution in [3.05, 3.63) is 28.8 Å². The van der Waals surface area contributed by atoms with E-state index in [0.29, 0.717) is 5.02 Å². The smallest absolute Gasteiger partial charge is 0.134 e. The van der Waals surface area contributed by atoms with E-state index in [9.17, 15) is 5.11 Å². The van der Waals surface area contributed by atoms with Gasteiger partial charge in [-0.15, -0.1) is 0 Å². The molecule has 1 aromatic carbocycles. The fraction of sp³-hybridized carbons (Fsp3) is 0.455. The minimum atomic E-state index is 0.155. The van der Waals surface area contributed by atoms with Crippen molar-refractivity contribution in [2.75, 3.05) is 26.3 Å². The Balaban J connectivity index is 2.06. The van der Waals surface area contributed by atoms with Gasteiger partial charge in [0.25, 0.3) is 0 Å². The van der Waals surface area contributed by atoms with Crippen molar-refractivity contribution in [2.24, 2.45) is 0 Å². The molecular weight excluding hydrogens is 214 g/mol. The molecule has 1 aromatic rings. The van der Waals surface area contributed by atoms with Crippen LogP contribution in [0.25, 0.3) is 0 Å². The zero-order chi connectivity index (χ0) is 10.7. The highest BCUT2D eigenvalue weighted by Crippen LogP contribution is 2.27. The molecule has 82 valence electrons. The summed E-state index contributed by atoms with van der Waals surface area (Å²) in [5.74, 6) is 0.155. The number of benzene rings is 1. The minimum absolute atomic E-state index is 0.155. The molecule has 0 radical (unpaired) electrons. The Bertz CT molecular complexity index is 337. The van der Waals surface area contributed by atoms with Crippen LogP contribution in [0.15, 0.2) is 18.2 Å². The van der Waals surface area contributed by atoms with Crippen LogP contribution in [-0.4, -0.2) is 36.3 Å². The summed E-state index contributed by atoms with van der Waals surface area (Å²) >= 11 is 6.00. The van der Waals surface area contributed by atoms with Crippen molar-refractivity contribution in [1.29, 1.82) is 0 Å². The summed E-state index contributed by atoms with van der Waals surface area (Å²) in [6.07, 6.45) is 0. The lowest BCUT2D eigenvalue weighted by Gasteiger charge is -2.26. The Kier molecular flexibility index (Phi) is 3.46. The molecule has 1 fully saturated rings. The average molecular weight is 228 g/mol. The number of halogens is 1. The summed E-state index contributed by atoms with van der Waals surface area (Å²) in [6, 6.07) is 5.36. The van der Waals surface area contributed by atoms with Gasteiger partial charge in [0.15, 0.2) is 0 Å². The van der Waals surface area contributed by atoms with Crippen LogP contribution in [-0.2, 0) is 11.3 Å². The number of hydrogen-bond acceptors (Lipinski definition) is 3. The third kappa shape index (κ3) is 2.62. The number of nitrogens with zero attached hydrogens (tertiary/aromatic N) is 1. The highest BCUT2D eigenvalue weighted by Gasteiger charge is 2.13. The van der Waals surface area contributed by atoms with E-state index in [0.717, 1.165) is 38.4 Å². The van der Waals surface area contributed by atoms with Crippen molar-refractivity contribution in [1.82, 2.24) is 4.90 Å². The molecule has 1 N–H and O–H groups in total. The van der Waals surface area contributed by atoms with Gasteiger partial charge in [-0.05, 0) is 11.6 Å². The van der Waals surface area contributed by atoms with Crippen LogP contribution in [0.2, 0.25) is 5.02 Å². The second kappa shape index (κ2) is 4.84. The molecule has 0 bridgehead atoms. The molecule has 0 unspecified atom stereocenters. The summed E-state index contributed by atoms with van der Waals surface area (Å²) in [5.41, 5.74) is 0.971. The zero-order valence-corrected chi connectivity index (χ0v) is 9.20. The Morgan fingerprint density at radius 2 is 2.07 bits per heavy atom. The van der Waals surface area contributed by atoms with Gasteiger partial charge >= 0.3 is 0 Å². The molecule has 4 heteroatoms. The third-order valence-electron chi connectivity index (χ3n) is 2.56. The zero-order valence-electron chi connectivity index (χ0n) is 8.45. The van der Waals surface area contributed by atoms with Crippen LogP contribution in [0.1, 0.15) is 5.56 Å². The number of phenolic OH excluding ortho intramolecular Hbond substituents is 1. The van der Waals surface area contributed by atoms with E-state index in [4.69, 9.17) is 16.3 Å². The third-order valence-corrected chi connectivity index (χ3v) is 2.99. The highest BCUT2D eigenvalue weighted by molar-refractivity contribution is 6.32. The van der Waals surface area contributed by atoms with Crippen LogP contribution in [0.4, 0.5) is 0 Å². The lowest BCUT2D eigenvalue weighted by Crippen LogP contribution is -2.35. The second-order valence-electron chi connectivity index (χ2n) is 3.64. The first-order chi connectivity index (χ1) is 7.27. The molecule has 1 aliphatic rings. The molecule has 0 saturated carbocycles. The van der Waals surface area contributed by atoms with Gasteiger partial charge in [-0.3, -0.25) is 4.90 Å². The van der Waals surface area contributed by atoms with Crippen molar-refractivity contribution >= 4 is 11.6 Å². The molecule has 0 spiro atoms. The van der Waals surface area contributed by atoms with E-state index in [1.807, 2.05) is 12.1 Å². The largest absolute Gasteiger partial charge is 0.506 e. The predicted octanol–water partition coefficient (Wildman–Crippen LogP) is 1.88. The maximum Gasteiger partial charge on any atom is 0.134 e. The maximum absolute atomic E-state index is 9.45. The van der Waals surface area contributed by atoms with Gasteiger partial charge < -0.3 is 9.84 Å². The van der Waals surface area contributed by atoms with Crippen molar-refractivity contribution in [3.63, 3.8) is 0 Å². The van der Waals surface area contributed by atoms with E-state index in [2.05, 4.69) is 4.90 Å². The number of rotatable bonds is 2. The molecule has 1 saturated heterocycles. The quantitative estimate of drug-likeness (QED) is 0.838. The molecule has 2 rings (SSSR count). The van der Waals surface area contributed by atoms with Crippen LogP contribution in [0.3, 0.4) is 0 Å². The monoisotopic (exact) mass is 227 g/mol. The Hall–Kier alpha value is -0.770. The maximum atomic E-state index is 9.45. The van der Waals surface area contributed by atoms with Crippen LogP contribution in [0, 0.1) is 0 Å². The molecule has 15 heavy (non-hydrogen) atoms. The lowest BCUT2D eigenvalue weighted by atomic mass is 10.2. The van der Waals surface area contributed by atoms with Crippen molar-refractivity contribution in [3.8, 4) is 5.75 Å². The first kappa shape index (κ1) is 10.7. The standard InChI is InChI=1S/C11H14ClNO2/c12-11-9(2-1-3-10(11)14)8-13-4-6-15-7-5-13/h1-3,14H,4-8H2. The molecule has 0 aromatic heterocycles. The number of phenols is 1. The van der Waals surface area contributed by atoms with Gasteiger partial charge in [-0.1, -0.05) is 23.7 Å². The molecule has 1 aliphatic heterocycles. The van der Waals surface area contributed by atoms with Gasteiger partial charge in [0.05, 0.1) is 18.2 Å². The summed E-state index contributed by atoms with van der Waals surface area (Å²) in [4.78, 5) is 2.27. The van der Waals surface area contributed by atoms with Crippen molar-refractivity contribution in [2.45, 2.75) is 6.54 Å². The van der Waals surface area contributed by atoms with E-state index in [1.165, 1.54) is 0 Å². The fourth-order valence-electron chi connectivity index (χ4n) is 1.69. The molecular formula is C11H14ClNO2. The Labute approximate surface area is 94.2 Å². The normalized spacial score (nSPS) is 17.9. The highest BCUT2D eigenvalue weighted by atomic mass is 35.5. The first-order valence-corrected chi connectivity index (χ1v) is 5.41. The fourth-order valence-corrected chi connectivity index (χ4v) is 1.87. The summed E-state index contributed by atoms with van der Waals surface area (Å²) in [7, 11) is 0. The topological polar surface area (TPSA) is 32.7 Å². The van der Waals surface area contributed by atoms with Crippen LogP contribution < -0.4 is 0 Å². The molecule has 3 nitrogen and oxygen atoms in total. The number of morpholine rings is 1. The number of aromatic hydroxyl groups is 1. The number of hydrogen-bond donors (Lipinski definition) is 1. The summed E-state index contributed by atoms with van der Waals surface area (Å²) in [5, 5.41) is 9.92. The molecule has 0 amide bonds. The average Bonchev–Trinajstić information content (AvgIpc) is 2.26. The summed E-state index contributed by atoms with van der Waals surface area (Å²) in [6.45, 7) is 4.17. The minimum Gasteiger partial charge on any atom is -0.506 e. The molecule has 1 heterocycles. The number of ether oxygens (including phenoxy) is 1. The van der Waals surface area contributed by atoms with E-state index in [1.54, 1.807) is 6.07 Å². The Morgan fingerprint density at radius 3 is 2.80 bits per heavy atom. The lowest BCUT2D eigenvalue weighted by molar-refractivity contribution is 0.0342. The second-order valence-corrected chi connectivity index (χ2v) is 4.02. The predicted molar refractivity (Wildman–Crippen MR) is 59.2 cm³/mol. The SMILES string of the molecule is Oc1cccc(CN2CCOCC2)c1Cl. The van der Waals surface area contributed by atoms with E-state index < -0.39 is 0 Å². The van der Waals surface area contributed by atoms with E-state index in [-0.39, 0.29) is 5.75 Å². The van der Waals surface area contributed by atoms with Gasteiger partial charge in [-0.25, -0.2) is 0 Å². The summed E-state index contributed by atoms with van der Waals surface area (Å²) < 4.78 is 5.27. The van der Waals surface area contributed by atoms with Crippen LogP contribution >= 0.6 is 11.6 Å². The van der Waals surface area contributed by atoms with Gasteiger partial charge in [0, 0.05) is 19.6 Å². The van der Waals surface area contributed by atoms with Crippen molar-refractivity contribution < 1.29 is 9.84 Å². The van der Waals surface area contributed by atoms with E-state index >= 15 is 0 Å². The first-order valence-electron chi connectivity index (χ1n) is 5.04. The van der Waals surface area contributed by atoms with Gasteiger partial charge in [0.1, 0.15) is 5.75 Å². The van der Waals surface area contributed by atoms with Gasteiger partial charge in [-0.2, -0.15) is 0 Å². The van der Waals surface area contributed by atoms with Crippen LogP contribution in [0.5, 0.6) is 5.75 Å². The van der Waals surface area contributed by atoms with Gasteiger partial charge in [0.2, 0.25) is 0 Å².